The van der Waals surface area contributed by atoms with Crippen molar-refractivity contribution >= 4 is 17.8 Å². The summed E-state index contributed by atoms with van der Waals surface area (Å²) < 4.78 is 10.1. The first-order chi connectivity index (χ1) is 17.0. The van der Waals surface area contributed by atoms with E-state index in [1.807, 2.05) is 12.1 Å². The molecule has 1 atom stereocenters. The second-order valence-corrected chi connectivity index (χ2v) is 8.17. The van der Waals surface area contributed by atoms with Crippen LogP contribution in [0.4, 0.5) is 0 Å². The van der Waals surface area contributed by atoms with Crippen molar-refractivity contribution in [3.05, 3.63) is 70.8 Å². The van der Waals surface area contributed by atoms with Crippen LogP contribution in [0.15, 0.2) is 48.5 Å². The molecule has 1 aliphatic rings. The van der Waals surface area contributed by atoms with Crippen LogP contribution in [0.25, 0.3) is 0 Å². The fourth-order valence-corrected chi connectivity index (χ4v) is 3.65. The van der Waals surface area contributed by atoms with E-state index >= 15 is 0 Å². The van der Waals surface area contributed by atoms with Gasteiger partial charge in [0, 0.05) is 56.5 Å². The van der Waals surface area contributed by atoms with Gasteiger partial charge in [-0.2, -0.15) is 0 Å². The zero-order chi connectivity index (χ0) is 25.0. The maximum Gasteiger partial charge on any atom is 0.320 e. The Labute approximate surface area is 206 Å². The SMILES string of the molecule is CNC(=O)C(CNC(=O)c1ccc(C#Cc2ccc(CN3CCCOCC3)cc2)cc1)C(=O)OC. The lowest BCUT2D eigenvalue weighted by Crippen LogP contribution is -2.42. The van der Waals surface area contributed by atoms with Gasteiger partial charge in [-0.1, -0.05) is 24.0 Å². The summed E-state index contributed by atoms with van der Waals surface area (Å²) in [5.74, 6) is 3.53. The lowest BCUT2D eigenvalue weighted by Gasteiger charge is -2.18. The number of nitrogens with one attached hydrogen (secondary N) is 2. The molecule has 8 heteroatoms. The summed E-state index contributed by atoms with van der Waals surface area (Å²) >= 11 is 0. The third-order valence-corrected chi connectivity index (χ3v) is 5.69. The van der Waals surface area contributed by atoms with Crippen molar-refractivity contribution in [2.75, 3.05) is 47.0 Å². The summed E-state index contributed by atoms with van der Waals surface area (Å²) in [5, 5.41) is 4.99. The number of ether oxygens (including phenoxy) is 2. The monoisotopic (exact) mass is 477 g/mol. The molecule has 2 amide bonds. The van der Waals surface area contributed by atoms with Gasteiger partial charge in [-0.3, -0.25) is 19.3 Å². The van der Waals surface area contributed by atoms with Crippen LogP contribution in [-0.2, 0) is 25.6 Å². The number of rotatable bonds is 7. The van der Waals surface area contributed by atoms with Crippen molar-refractivity contribution in [1.82, 2.24) is 15.5 Å². The summed E-state index contributed by atoms with van der Waals surface area (Å²) in [7, 11) is 2.61. The Bertz CT molecular complexity index is 1050. The highest BCUT2D eigenvalue weighted by atomic mass is 16.5. The van der Waals surface area contributed by atoms with Crippen LogP contribution in [0, 0.1) is 17.8 Å². The largest absolute Gasteiger partial charge is 0.468 e. The van der Waals surface area contributed by atoms with Gasteiger partial charge in [-0.05, 0) is 48.4 Å². The molecule has 0 aliphatic carbocycles. The summed E-state index contributed by atoms with van der Waals surface area (Å²) in [6.45, 7) is 4.38. The molecule has 2 aromatic rings. The van der Waals surface area contributed by atoms with Crippen LogP contribution >= 0.6 is 0 Å². The Morgan fingerprint density at radius 2 is 1.66 bits per heavy atom. The van der Waals surface area contributed by atoms with Crippen LogP contribution in [-0.4, -0.2) is 69.7 Å². The fourth-order valence-electron chi connectivity index (χ4n) is 3.65. The van der Waals surface area contributed by atoms with Crippen molar-refractivity contribution in [2.24, 2.45) is 5.92 Å². The second kappa shape index (κ2) is 13.3. The average molecular weight is 478 g/mol. The van der Waals surface area contributed by atoms with E-state index in [1.54, 1.807) is 24.3 Å². The van der Waals surface area contributed by atoms with Crippen LogP contribution in [0.3, 0.4) is 0 Å². The molecule has 8 nitrogen and oxygen atoms in total. The van der Waals surface area contributed by atoms with E-state index in [4.69, 9.17) is 4.74 Å². The average Bonchev–Trinajstić information content (AvgIpc) is 3.16. The van der Waals surface area contributed by atoms with Crippen molar-refractivity contribution < 1.29 is 23.9 Å². The Morgan fingerprint density at radius 3 is 2.29 bits per heavy atom. The Balaban J connectivity index is 1.54. The van der Waals surface area contributed by atoms with Gasteiger partial charge in [-0.25, -0.2) is 0 Å². The van der Waals surface area contributed by atoms with Crippen molar-refractivity contribution in [2.45, 2.75) is 13.0 Å². The van der Waals surface area contributed by atoms with E-state index in [-0.39, 0.29) is 6.54 Å². The van der Waals surface area contributed by atoms with E-state index in [1.165, 1.54) is 19.7 Å². The number of benzene rings is 2. The minimum Gasteiger partial charge on any atom is -0.468 e. The lowest BCUT2D eigenvalue weighted by molar-refractivity contribution is -0.149. The maximum absolute atomic E-state index is 12.4. The lowest BCUT2D eigenvalue weighted by atomic mass is 10.1. The second-order valence-electron chi connectivity index (χ2n) is 8.17. The number of carbonyl (C=O) groups is 3. The zero-order valence-electron chi connectivity index (χ0n) is 20.1. The Hall–Kier alpha value is -3.67. The molecular formula is C27H31N3O5. The highest BCUT2D eigenvalue weighted by molar-refractivity contribution is 5.99. The smallest absolute Gasteiger partial charge is 0.320 e. The van der Waals surface area contributed by atoms with E-state index in [0.29, 0.717) is 5.56 Å². The summed E-state index contributed by atoms with van der Waals surface area (Å²) in [6.07, 6.45) is 1.06. The van der Waals surface area contributed by atoms with Gasteiger partial charge in [0.1, 0.15) is 0 Å². The van der Waals surface area contributed by atoms with Gasteiger partial charge in [0.25, 0.3) is 5.91 Å². The highest BCUT2D eigenvalue weighted by Gasteiger charge is 2.27. The quantitative estimate of drug-likeness (QED) is 0.357. The summed E-state index contributed by atoms with van der Waals surface area (Å²) in [6, 6.07) is 15.1. The van der Waals surface area contributed by atoms with E-state index in [9.17, 15) is 14.4 Å². The van der Waals surface area contributed by atoms with Gasteiger partial charge in [-0.15, -0.1) is 0 Å². The van der Waals surface area contributed by atoms with Crippen molar-refractivity contribution in [3.63, 3.8) is 0 Å². The summed E-state index contributed by atoms with van der Waals surface area (Å²) in [5.41, 5.74) is 3.34. The molecule has 35 heavy (non-hydrogen) atoms. The number of esters is 1. The predicted octanol–water partition coefficient (Wildman–Crippen LogP) is 1.57. The first kappa shape index (κ1) is 25.9. The van der Waals surface area contributed by atoms with Crippen molar-refractivity contribution in [1.29, 1.82) is 0 Å². The molecule has 0 bridgehead atoms. The normalized spacial score (nSPS) is 14.6. The number of methoxy groups -OCH3 is 1. The number of nitrogens with zero attached hydrogens (tertiary/aromatic N) is 1. The number of carbonyl (C=O) groups excluding carboxylic acids is 3. The van der Waals surface area contributed by atoms with Gasteiger partial charge in [0.05, 0.1) is 13.7 Å². The Morgan fingerprint density at radius 1 is 1.00 bits per heavy atom. The third kappa shape index (κ3) is 7.95. The van der Waals surface area contributed by atoms with Crippen LogP contribution < -0.4 is 10.6 Å². The van der Waals surface area contributed by atoms with Gasteiger partial charge in [0.2, 0.25) is 5.91 Å². The van der Waals surface area contributed by atoms with Crippen LogP contribution in [0.1, 0.15) is 33.5 Å². The topological polar surface area (TPSA) is 97.0 Å². The van der Waals surface area contributed by atoms with Crippen LogP contribution in [0.2, 0.25) is 0 Å². The molecule has 2 N–H and O–H groups in total. The van der Waals surface area contributed by atoms with Gasteiger partial charge in [0.15, 0.2) is 5.92 Å². The molecule has 1 aliphatic heterocycles. The Kier molecular flexibility index (Phi) is 9.84. The maximum atomic E-state index is 12.4. The number of amides is 2. The highest BCUT2D eigenvalue weighted by Crippen LogP contribution is 2.10. The minimum atomic E-state index is -1.11. The van der Waals surface area contributed by atoms with E-state index in [2.05, 4.69) is 44.2 Å². The van der Waals surface area contributed by atoms with Gasteiger partial charge >= 0.3 is 5.97 Å². The molecule has 0 aromatic heterocycles. The molecule has 2 aromatic carbocycles. The fraction of sp³-hybridized carbons (Fsp3) is 0.370. The minimum absolute atomic E-state index is 0.158. The molecule has 0 saturated carbocycles. The zero-order valence-corrected chi connectivity index (χ0v) is 20.1. The van der Waals surface area contributed by atoms with Crippen LogP contribution in [0.5, 0.6) is 0 Å². The molecule has 1 saturated heterocycles. The molecular weight excluding hydrogens is 446 g/mol. The standard InChI is InChI=1S/C27H31N3O5/c1-28-26(32)24(27(33)34-2)18-29-25(31)23-12-10-21(11-13-23)5-4-20-6-8-22(9-7-20)19-30-14-3-16-35-17-15-30/h6-13,24H,3,14-19H2,1-2H3,(H,28,32)(H,29,31). The number of hydrogen-bond acceptors (Lipinski definition) is 6. The molecule has 184 valence electrons. The molecule has 3 rings (SSSR count). The molecule has 0 spiro atoms. The first-order valence-corrected chi connectivity index (χ1v) is 11.6. The molecule has 0 radical (unpaired) electrons. The molecule has 1 fully saturated rings. The molecule has 1 unspecified atom stereocenters. The predicted molar refractivity (Wildman–Crippen MR) is 131 cm³/mol. The van der Waals surface area contributed by atoms with Crippen molar-refractivity contribution in [3.8, 4) is 11.8 Å². The molecule has 1 heterocycles. The first-order valence-electron chi connectivity index (χ1n) is 11.6. The van der Waals surface area contributed by atoms with E-state index < -0.39 is 23.7 Å². The summed E-state index contributed by atoms with van der Waals surface area (Å²) in [4.78, 5) is 38.4. The number of hydrogen-bond donors (Lipinski definition) is 2. The van der Waals surface area contributed by atoms with Gasteiger partial charge < -0.3 is 20.1 Å². The third-order valence-electron chi connectivity index (χ3n) is 5.69. The van der Waals surface area contributed by atoms with E-state index in [0.717, 1.165) is 50.4 Å².